The lowest BCUT2D eigenvalue weighted by molar-refractivity contribution is 0.103. The maximum atomic E-state index is 11.5. The van der Waals surface area contributed by atoms with Gasteiger partial charge in [-0.3, -0.25) is 9.59 Å². The highest BCUT2D eigenvalue weighted by atomic mass is 16.1. The molecule has 2 heteroatoms. The van der Waals surface area contributed by atoms with Crippen LogP contribution in [-0.2, 0) is 0 Å². The number of benzene rings is 1. The summed E-state index contributed by atoms with van der Waals surface area (Å²) in [5, 5.41) is 0. The van der Waals surface area contributed by atoms with Crippen molar-refractivity contribution in [1.29, 1.82) is 0 Å². The number of hydrogen-bond donors (Lipinski definition) is 0. The van der Waals surface area contributed by atoms with Crippen LogP contribution in [-0.4, -0.2) is 11.6 Å². The Morgan fingerprint density at radius 3 is 1.38 bits per heavy atom. The van der Waals surface area contributed by atoms with Gasteiger partial charge in [-0.05, 0) is 26.0 Å². The SMILES string of the molecule is CC=CC(=O)c1ccc(C(=O)C=CC)cc1. The molecule has 1 rings (SSSR count). The van der Waals surface area contributed by atoms with Crippen LogP contribution in [0.2, 0.25) is 0 Å². The number of hydrogen-bond acceptors (Lipinski definition) is 2. The summed E-state index contributed by atoms with van der Waals surface area (Å²) >= 11 is 0. The summed E-state index contributed by atoms with van der Waals surface area (Å²) in [6, 6.07) is 6.66. The van der Waals surface area contributed by atoms with Crippen molar-refractivity contribution in [2.75, 3.05) is 0 Å². The number of rotatable bonds is 4. The van der Waals surface area contributed by atoms with E-state index in [0.29, 0.717) is 11.1 Å². The molecule has 0 aromatic heterocycles. The van der Waals surface area contributed by atoms with E-state index in [-0.39, 0.29) is 11.6 Å². The molecule has 0 fully saturated rings. The van der Waals surface area contributed by atoms with Crippen molar-refractivity contribution in [2.24, 2.45) is 0 Å². The van der Waals surface area contributed by atoms with Crippen molar-refractivity contribution in [3.8, 4) is 0 Å². The molecule has 0 aliphatic rings. The van der Waals surface area contributed by atoms with E-state index in [1.807, 2.05) is 0 Å². The molecule has 0 heterocycles. The van der Waals surface area contributed by atoms with Crippen molar-refractivity contribution in [3.05, 3.63) is 59.7 Å². The van der Waals surface area contributed by atoms with Crippen LogP contribution < -0.4 is 0 Å². The Kier molecular flexibility index (Phi) is 4.40. The summed E-state index contributed by atoms with van der Waals surface area (Å²) in [7, 11) is 0. The van der Waals surface area contributed by atoms with Crippen LogP contribution in [0.3, 0.4) is 0 Å². The maximum absolute atomic E-state index is 11.5. The van der Waals surface area contributed by atoms with Crippen LogP contribution >= 0.6 is 0 Å². The van der Waals surface area contributed by atoms with Crippen molar-refractivity contribution < 1.29 is 9.59 Å². The normalized spacial score (nSPS) is 11.1. The number of ketones is 2. The fourth-order valence-electron chi connectivity index (χ4n) is 1.29. The van der Waals surface area contributed by atoms with Gasteiger partial charge >= 0.3 is 0 Å². The molecule has 0 atom stereocenters. The molecule has 0 amide bonds. The zero-order valence-electron chi connectivity index (χ0n) is 9.44. The Bertz CT molecular complexity index is 393. The van der Waals surface area contributed by atoms with Gasteiger partial charge in [0.2, 0.25) is 0 Å². The highest BCUT2D eigenvalue weighted by Crippen LogP contribution is 2.07. The first-order valence-electron chi connectivity index (χ1n) is 5.13. The van der Waals surface area contributed by atoms with Crippen molar-refractivity contribution in [1.82, 2.24) is 0 Å². The van der Waals surface area contributed by atoms with Crippen molar-refractivity contribution >= 4 is 11.6 Å². The fourth-order valence-corrected chi connectivity index (χ4v) is 1.29. The quantitative estimate of drug-likeness (QED) is 0.569. The van der Waals surface area contributed by atoms with E-state index < -0.39 is 0 Å². The lowest BCUT2D eigenvalue weighted by Crippen LogP contribution is -1.97. The molecule has 0 unspecified atom stereocenters. The Morgan fingerprint density at radius 2 is 1.12 bits per heavy atom. The Labute approximate surface area is 95.3 Å². The van der Waals surface area contributed by atoms with Gasteiger partial charge < -0.3 is 0 Å². The predicted molar refractivity (Wildman–Crippen MR) is 64.7 cm³/mol. The molecule has 82 valence electrons. The van der Waals surface area contributed by atoms with Crippen LogP contribution in [0.1, 0.15) is 34.6 Å². The predicted octanol–water partition coefficient (Wildman–Crippen LogP) is 3.20. The van der Waals surface area contributed by atoms with E-state index in [1.54, 1.807) is 50.3 Å². The standard InChI is InChI=1S/C14H14O2/c1-3-5-13(15)11-7-9-12(10-8-11)14(16)6-4-2/h3-10H,1-2H3. The molecule has 0 radical (unpaired) electrons. The lowest BCUT2D eigenvalue weighted by atomic mass is 10.1. The molecule has 0 N–H and O–H groups in total. The number of carbonyl (C=O) groups is 2. The van der Waals surface area contributed by atoms with Gasteiger partial charge in [0.05, 0.1) is 0 Å². The van der Waals surface area contributed by atoms with E-state index >= 15 is 0 Å². The molecule has 1 aromatic rings. The first kappa shape index (κ1) is 12.1. The third-order valence-electron chi connectivity index (χ3n) is 2.09. The highest BCUT2D eigenvalue weighted by molar-refractivity contribution is 6.07. The molecular weight excluding hydrogens is 200 g/mol. The van der Waals surface area contributed by atoms with Gasteiger partial charge in [0.25, 0.3) is 0 Å². The third kappa shape index (κ3) is 3.02. The van der Waals surface area contributed by atoms with Gasteiger partial charge in [0, 0.05) is 11.1 Å². The summed E-state index contributed by atoms with van der Waals surface area (Å²) in [6.07, 6.45) is 6.40. The van der Waals surface area contributed by atoms with E-state index in [0.717, 1.165) is 0 Å². The van der Waals surface area contributed by atoms with Crippen LogP contribution in [0.4, 0.5) is 0 Å². The first-order valence-corrected chi connectivity index (χ1v) is 5.13. The summed E-state index contributed by atoms with van der Waals surface area (Å²) in [6.45, 7) is 3.59. The highest BCUT2D eigenvalue weighted by Gasteiger charge is 2.04. The fraction of sp³-hybridized carbons (Fsp3) is 0.143. The Morgan fingerprint density at radius 1 is 0.812 bits per heavy atom. The second-order valence-electron chi connectivity index (χ2n) is 3.31. The van der Waals surface area contributed by atoms with Gasteiger partial charge in [0.15, 0.2) is 11.6 Å². The maximum Gasteiger partial charge on any atom is 0.185 e. The average Bonchev–Trinajstić information content (AvgIpc) is 2.30. The topological polar surface area (TPSA) is 34.1 Å². The van der Waals surface area contributed by atoms with Gasteiger partial charge in [0.1, 0.15) is 0 Å². The van der Waals surface area contributed by atoms with Crippen LogP contribution in [0.15, 0.2) is 48.6 Å². The zero-order chi connectivity index (χ0) is 12.0. The minimum Gasteiger partial charge on any atom is -0.289 e. The smallest absolute Gasteiger partial charge is 0.185 e. The summed E-state index contributed by atoms with van der Waals surface area (Å²) < 4.78 is 0. The van der Waals surface area contributed by atoms with Gasteiger partial charge in [-0.25, -0.2) is 0 Å². The largest absolute Gasteiger partial charge is 0.289 e. The molecule has 1 aromatic carbocycles. The van der Waals surface area contributed by atoms with Crippen molar-refractivity contribution in [3.63, 3.8) is 0 Å². The molecule has 16 heavy (non-hydrogen) atoms. The molecule has 0 saturated heterocycles. The summed E-state index contributed by atoms with van der Waals surface area (Å²) in [4.78, 5) is 22.9. The van der Waals surface area contributed by atoms with Crippen molar-refractivity contribution in [2.45, 2.75) is 13.8 Å². The minimum atomic E-state index is -0.0486. The van der Waals surface area contributed by atoms with E-state index in [2.05, 4.69) is 0 Å². The molecule has 0 spiro atoms. The number of allylic oxidation sites excluding steroid dienone is 4. The Hall–Kier alpha value is -1.96. The van der Waals surface area contributed by atoms with Crippen LogP contribution in [0, 0.1) is 0 Å². The van der Waals surface area contributed by atoms with E-state index in [4.69, 9.17) is 0 Å². The average molecular weight is 214 g/mol. The number of carbonyl (C=O) groups excluding carboxylic acids is 2. The summed E-state index contributed by atoms with van der Waals surface area (Å²) in [5.74, 6) is -0.0972. The zero-order valence-corrected chi connectivity index (χ0v) is 9.44. The third-order valence-corrected chi connectivity index (χ3v) is 2.09. The molecule has 2 nitrogen and oxygen atoms in total. The monoisotopic (exact) mass is 214 g/mol. The lowest BCUT2D eigenvalue weighted by Gasteiger charge is -1.98. The first-order chi connectivity index (χ1) is 7.69. The van der Waals surface area contributed by atoms with Gasteiger partial charge in [-0.15, -0.1) is 0 Å². The molecule has 0 bridgehead atoms. The summed E-state index contributed by atoms with van der Waals surface area (Å²) in [5.41, 5.74) is 1.19. The minimum absolute atomic E-state index is 0.0486. The van der Waals surface area contributed by atoms with Gasteiger partial charge in [-0.2, -0.15) is 0 Å². The molecular formula is C14H14O2. The molecule has 0 aliphatic heterocycles. The second-order valence-corrected chi connectivity index (χ2v) is 3.31. The van der Waals surface area contributed by atoms with E-state index in [1.165, 1.54) is 12.2 Å². The van der Waals surface area contributed by atoms with Gasteiger partial charge in [-0.1, -0.05) is 36.4 Å². The van der Waals surface area contributed by atoms with E-state index in [9.17, 15) is 9.59 Å². The van der Waals surface area contributed by atoms with Crippen LogP contribution in [0.5, 0.6) is 0 Å². The molecule has 0 aliphatic carbocycles. The van der Waals surface area contributed by atoms with Crippen LogP contribution in [0.25, 0.3) is 0 Å². The molecule has 0 saturated carbocycles. The second kappa shape index (κ2) is 5.81. The Balaban J connectivity index is 2.91.